The summed E-state index contributed by atoms with van der Waals surface area (Å²) < 4.78 is 64.7. The van der Waals surface area contributed by atoms with Crippen LogP contribution in [-0.2, 0) is 15.4 Å². The number of hydrogen-bond donors (Lipinski definition) is 1. The molecule has 0 amide bonds. The van der Waals surface area contributed by atoms with Gasteiger partial charge in [0.1, 0.15) is 21.9 Å². The van der Waals surface area contributed by atoms with Gasteiger partial charge in [0.15, 0.2) is 9.84 Å². The molecule has 1 heterocycles. The molecule has 4 nitrogen and oxygen atoms in total. The second-order valence-corrected chi connectivity index (χ2v) is 9.57. The maximum absolute atomic E-state index is 14.1. The van der Waals surface area contributed by atoms with Crippen LogP contribution < -0.4 is 5.73 Å². The van der Waals surface area contributed by atoms with Crippen LogP contribution in [-0.4, -0.2) is 30.7 Å². The first-order valence-electron chi connectivity index (χ1n) is 6.82. The minimum Gasteiger partial charge on any atom is -0.386 e. The van der Waals surface area contributed by atoms with E-state index in [9.17, 15) is 21.6 Å². The van der Waals surface area contributed by atoms with Crippen LogP contribution in [0.3, 0.4) is 0 Å². The van der Waals surface area contributed by atoms with Crippen LogP contribution in [0.5, 0.6) is 0 Å². The Balaban J connectivity index is 2.13. The number of rotatable bonds is 1. The van der Waals surface area contributed by atoms with Gasteiger partial charge < -0.3 is 5.73 Å². The van der Waals surface area contributed by atoms with Gasteiger partial charge in [-0.25, -0.2) is 21.6 Å². The SMILES string of the molecule is C[C@@]1(c2cc(Br)ccc2F)CS(=O)(=O)C2(CC(F)(F)C2)C(N)=N1. The summed E-state index contributed by atoms with van der Waals surface area (Å²) in [4.78, 5) is 4.14. The van der Waals surface area contributed by atoms with Gasteiger partial charge in [-0.3, -0.25) is 4.99 Å². The number of sulfone groups is 1. The molecule has 3 rings (SSSR count). The summed E-state index contributed by atoms with van der Waals surface area (Å²) in [5, 5.41) is 0. The molecule has 1 aromatic rings. The van der Waals surface area contributed by atoms with Gasteiger partial charge in [-0.15, -0.1) is 0 Å². The fourth-order valence-corrected chi connectivity index (χ4v) is 6.12. The summed E-state index contributed by atoms with van der Waals surface area (Å²) in [5.74, 6) is -4.62. The minimum absolute atomic E-state index is 0.0549. The van der Waals surface area contributed by atoms with Crippen molar-refractivity contribution >= 4 is 31.6 Å². The number of nitrogens with two attached hydrogens (primary N) is 1. The van der Waals surface area contributed by atoms with Gasteiger partial charge >= 0.3 is 0 Å². The summed E-state index contributed by atoms with van der Waals surface area (Å²) in [6, 6.07) is 4.08. The molecular weight excluding hydrogens is 397 g/mol. The first kappa shape index (κ1) is 16.8. The first-order valence-corrected chi connectivity index (χ1v) is 9.27. The molecule has 0 radical (unpaired) electrons. The van der Waals surface area contributed by atoms with E-state index in [4.69, 9.17) is 5.73 Å². The fourth-order valence-electron chi connectivity index (χ4n) is 3.30. The Hall–Kier alpha value is -1.09. The second kappa shape index (κ2) is 4.72. The molecule has 1 spiro atoms. The topological polar surface area (TPSA) is 72.5 Å². The highest BCUT2D eigenvalue weighted by molar-refractivity contribution is 9.10. The summed E-state index contributed by atoms with van der Waals surface area (Å²) in [5.41, 5.74) is 4.38. The number of hydrogen-bond acceptors (Lipinski definition) is 4. The van der Waals surface area contributed by atoms with Crippen molar-refractivity contribution in [3.05, 3.63) is 34.1 Å². The molecule has 0 bridgehead atoms. The van der Waals surface area contributed by atoms with Crippen molar-refractivity contribution in [1.82, 2.24) is 0 Å². The molecule has 2 N–H and O–H groups in total. The lowest BCUT2D eigenvalue weighted by atomic mass is 9.78. The third-order valence-electron chi connectivity index (χ3n) is 4.50. The Morgan fingerprint density at radius 2 is 1.91 bits per heavy atom. The van der Waals surface area contributed by atoms with E-state index in [1.165, 1.54) is 25.1 Å². The van der Waals surface area contributed by atoms with E-state index in [1.807, 2.05) is 0 Å². The highest BCUT2D eigenvalue weighted by atomic mass is 79.9. The summed E-state index contributed by atoms with van der Waals surface area (Å²) in [6.07, 6.45) is -1.73. The van der Waals surface area contributed by atoms with E-state index < -0.39 is 50.5 Å². The van der Waals surface area contributed by atoms with Crippen molar-refractivity contribution in [2.75, 3.05) is 5.75 Å². The van der Waals surface area contributed by atoms with Crippen molar-refractivity contribution in [1.29, 1.82) is 0 Å². The van der Waals surface area contributed by atoms with Gasteiger partial charge in [-0.05, 0) is 25.1 Å². The van der Waals surface area contributed by atoms with E-state index in [0.717, 1.165) is 0 Å². The van der Waals surface area contributed by atoms with E-state index >= 15 is 0 Å². The predicted molar refractivity (Wildman–Crippen MR) is 83.8 cm³/mol. The number of alkyl halides is 2. The highest BCUT2D eigenvalue weighted by Gasteiger charge is 2.68. The van der Waals surface area contributed by atoms with E-state index in [0.29, 0.717) is 4.47 Å². The van der Waals surface area contributed by atoms with Crippen molar-refractivity contribution in [3.8, 4) is 0 Å². The highest BCUT2D eigenvalue weighted by Crippen LogP contribution is 2.54. The van der Waals surface area contributed by atoms with Crippen LogP contribution in [0.4, 0.5) is 13.2 Å². The third kappa shape index (κ3) is 2.39. The Morgan fingerprint density at radius 1 is 1.30 bits per heavy atom. The molecule has 1 aliphatic heterocycles. The van der Waals surface area contributed by atoms with Gasteiger partial charge in [0.25, 0.3) is 5.92 Å². The lowest BCUT2D eigenvalue weighted by molar-refractivity contribution is -0.0828. The summed E-state index contributed by atoms with van der Waals surface area (Å²) in [7, 11) is -4.01. The van der Waals surface area contributed by atoms with Crippen LogP contribution >= 0.6 is 15.9 Å². The Labute approximate surface area is 140 Å². The van der Waals surface area contributed by atoms with E-state index in [-0.39, 0.29) is 11.4 Å². The third-order valence-corrected chi connectivity index (χ3v) is 7.62. The molecule has 1 saturated carbocycles. The van der Waals surface area contributed by atoms with Crippen LogP contribution in [0, 0.1) is 5.82 Å². The molecule has 126 valence electrons. The summed E-state index contributed by atoms with van der Waals surface area (Å²) in [6.45, 7) is 1.44. The zero-order chi connectivity index (χ0) is 17.3. The van der Waals surface area contributed by atoms with Crippen LogP contribution in [0.15, 0.2) is 27.7 Å². The molecule has 1 fully saturated rings. The number of nitrogens with zero attached hydrogens (tertiary/aromatic N) is 1. The van der Waals surface area contributed by atoms with Crippen LogP contribution in [0.25, 0.3) is 0 Å². The van der Waals surface area contributed by atoms with Gasteiger partial charge in [0, 0.05) is 22.9 Å². The largest absolute Gasteiger partial charge is 0.386 e. The Kier molecular flexibility index (Phi) is 3.44. The van der Waals surface area contributed by atoms with E-state index in [1.54, 1.807) is 0 Å². The van der Waals surface area contributed by atoms with Gasteiger partial charge in [-0.2, -0.15) is 0 Å². The van der Waals surface area contributed by atoms with Crippen molar-refractivity contribution < 1.29 is 21.6 Å². The Morgan fingerprint density at radius 3 is 2.43 bits per heavy atom. The van der Waals surface area contributed by atoms with Crippen LogP contribution in [0.2, 0.25) is 0 Å². The van der Waals surface area contributed by atoms with Gasteiger partial charge in [0.2, 0.25) is 0 Å². The minimum atomic E-state index is -4.01. The smallest absolute Gasteiger partial charge is 0.252 e. The average Bonchev–Trinajstić information content (AvgIpc) is 2.35. The van der Waals surface area contributed by atoms with Crippen LogP contribution in [0.1, 0.15) is 25.3 Å². The standard InChI is InChI=1S/C14H14BrF3N2O2S/c1-12(9-4-8(15)2-3-10(9)16)7-23(21,22)13(11(19)20-12)5-14(17,18)6-13/h2-4H,5-7H2,1H3,(H2,19,20)/t12-/m0/s1. The monoisotopic (exact) mass is 410 g/mol. The quantitative estimate of drug-likeness (QED) is 0.773. The molecular formula is C14H14BrF3N2O2S. The van der Waals surface area contributed by atoms with E-state index in [2.05, 4.69) is 20.9 Å². The number of aliphatic imine (C=N–C) groups is 1. The number of benzene rings is 1. The molecule has 23 heavy (non-hydrogen) atoms. The second-order valence-electron chi connectivity index (χ2n) is 6.36. The normalized spacial score (nSPS) is 30.6. The Bertz CT molecular complexity index is 817. The summed E-state index contributed by atoms with van der Waals surface area (Å²) >= 11 is 3.20. The number of halogens is 4. The molecule has 0 aromatic heterocycles. The maximum atomic E-state index is 14.1. The molecule has 1 aliphatic carbocycles. The maximum Gasteiger partial charge on any atom is 0.252 e. The lowest BCUT2D eigenvalue weighted by Crippen LogP contribution is -2.68. The average molecular weight is 411 g/mol. The fraction of sp³-hybridized carbons (Fsp3) is 0.500. The molecule has 0 saturated heterocycles. The molecule has 2 aliphatic rings. The first-order chi connectivity index (χ1) is 10.4. The molecule has 1 aromatic carbocycles. The van der Waals surface area contributed by atoms with Gasteiger partial charge in [-0.1, -0.05) is 15.9 Å². The van der Waals surface area contributed by atoms with Gasteiger partial charge in [0.05, 0.1) is 5.75 Å². The molecule has 9 heteroatoms. The number of amidine groups is 1. The van der Waals surface area contributed by atoms with Crippen molar-refractivity contribution in [2.45, 2.75) is 36.0 Å². The zero-order valence-corrected chi connectivity index (χ0v) is 14.5. The van der Waals surface area contributed by atoms with Crippen molar-refractivity contribution in [2.24, 2.45) is 10.7 Å². The van der Waals surface area contributed by atoms with Crippen molar-refractivity contribution in [3.63, 3.8) is 0 Å². The molecule has 0 unspecified atom stereocenters. The zero-order valence-electron chi connectivity index (χ0n) is 12.1. The molecule has 1 atom stereocenters. The predicted octanol–water partition coefficient (Wildman–Crippen LogP) is 2.76. The lowest BCUT2D eigenvalue weighted by Gasteiger charge is -2.50.